The average molecular weight is 347 g/mol. The van der Waals surface area contributed by atoms with Gasteiger partial charge < -0.3 is 35.5 Å². The molecule has 0 saturated carbocycles. The minimum absolute atomic E-state index is 0.814. The molecule has 7 N–H and O–H groups in total. The first-order chi connectivity index (χ1) is 9.39. The van der Waals surface area contributed by atoms with Crippen molar-refractivity contribution >= 4 is 27.0 Å². The van der Waals surface area contributed by atoms with E-state index in [9.17, 15) is 18.7 Å². The first-order valence-electron chi connectivity index (χ1n) is 5.68. The van der Waals surface area contributed by atoms with E-state index in [-0.39, 0.29) is 0 Å². The monoisotopic (exact) mass is 347 g/mol. The molecule has 11 nitrogen and oxygen atoms in total. The van der Waals surface area contributed by atoms with Gasteiger partial charge in [0.05, 0.1) is 18.4 Å². The highest BCUT2D eigenvalue weighted by Crippen LogP contribution is 2.36. The second-order valence-corrected chi connectivity index (χ2v) is 7.60. The second-order valence-electron chi connectivity index (χ2n) is 4.21. The number of carbonyl (C=O) groups is 2. The number of rotatable bonds is 8. The number of amides is 2. The van der Waals surface area contributed by atoms with Crippen LogP contribution in [-0.2, 0) is 18.7 Å². The Hall–Kier alpha value is -0.800. The number of carbonyl (C=O) groups excluding carboxylic acids is 2. The first kappa shape index (κ1) is 20.2. The lowest BCUT2D eigenvalue weighted by Gasteiger charge is -2.22. The van der Waals surface area contributed by atoms with Gasteiger partial charge in [0.1, 0.15) is 6.04 Å². The van der Waals surface area contributed by atoms with E-state index in [4.69, 9.17) is 19.6 Å². The van der Waals surface area contributed by atoms with Crippen molar-refractivity contribution in [1.29, 1.82) is 0 Å². The average Bonchev–Trinajstić information content (AvgIpc) is 2.31. The molecule has 21 heavy (non-hydrogen) atoms. The van der Waals surface area contributed by atoms with Crippen LogP contribution in [0.3, 0.4) is 0 Å². The summed E-state index contributed by atoms with van der Waals surface area (Å²) >= 11 is 0. The van der Waals surface area contributed by atoms with Gasteiger partial charge in [0.15, 0.2) is 0 Å². The van der Waals surface area contributed by atoms with Crippen molar-refractivity contribution in [3.05, 3.63) is 0 Å². The molecule has 0 aromatic heterocycles. The number of hydrogen-bond acceptors (Lipinski definition) is 5. The fourth-order valence-electron chi connectivity index (χ4n) is 1.42. The van der Waals surface area contributed by atoms with Crippen LogP contribution < -0.4 is 16.0 Å². The van der Waals surface area contributed by atoms with E-state index in [1.165, 1.54) is 14.1 Å². The quantitative estimate of drug-likeness (QED) is 0.227. The molecule has 0 aromatic rings. The third-order valence-corrected chi connectivity index (χ3v) is 4.07. The van der Waals surface area contributed by atoms with Gasteiger partial charge in [-0.1, -0.05) is 0 Å². The van der Waals surface area contributed by atoms with E-state index in [1.54, 1.807) is 0 Å². The summed E-state index contributed by atoms with van der Waals surface area (Å²) in [6.45, 7) is 0. The SMILES string of the molecule is CNC(=O)C(CP(=O)(O)O)NC(=O)C(CP(=O)(O)O)NC. The Bertz CT molecular complexity index is 472. The predicted octanol–water partition coefficient (Wildman–Crippen LogP) is -2.84. The zero-order valence-corrected chi connectivity index (χ0v) is 13.2. The summed E-state index contributed by atoms with van der Waals surface area (Å²) < 4.78 is 21.8. The highest BCUT2D eigenvalue weighted by Gasteiger charge is 2.32. The van der Waals surface area contributed by atoms with Gasteiger partial charge in [0.2, 0.25) is 11.8 Å². The van der Waals surface area contributed by atoms with Crippen LogP contribution in [0.5, 0.6) is 0 Å². The summed E-state index contributed by atoms with van der Waals surface area (Å²) in [5.41, 5.74) is 0. The van der Waals surface area contributed by atoms with Gasteiger partial charge in [-0.25, -0.2) is 0 Å². The molecule has 0 saturated heterocycles. The van der Waals surface area contributed by atoms with Crippen LogP contribution in [0.1, 0.15) is 0 Å². The summed E-state index contributed by atoms with van der Waals surface area (Å²) in [6, 6.07) is -2.83. The zero-order valence-electron chi connectivity index (χ0n) is 11.4. The van der Waals surface area contributed by atoms with Crippen LogP contribution in [0, 0.1) is 0 Å². The number of likely N-dealkylation sites (N-methyl/N-ethyl adjacent to an activating group) is 2. The van der Waals surface area contributed by atoms with E-state index in [0.29, 0.717) is 0 Å². The minimum atomic E-state index is -4.57. The third-order valence-electron chi connectivity index (χ3n) is 2.39. The van der Waals surface area contributed by atoms with Gasteiger partial charge in [0, 0.05) is 7.05 Å². The van der Waals surface area contributed by atoms with Gasteiger partial charge in [-0.15, -0.1) is 0 Å². The van der Waals surface area contributed by atoms with Crippen molar-refractivity contribution in [2.45, 2.75) is 12.1 Å². The Kier molecular flexibility index (Phi) is 7.69. The lowest BCUT2D eigenvalue weighted by molar-refractivity contribution is -0.129. The molecular formula is C8H19N3O8P2. The molecule has 0 radical (unpaired) electrons. The van der Waals surface area contributed by atoms with Crippen molar-refractivity contribution in [3.63, 3.8) is 0 Å². The Morgan fingerprint density at radius 2 is 1.33 bits per heavy atom. The molecule has 2 unspecified atom stereocenters. The number of nitrogens with one attached hydrogen (secondary N) is 3. The Balaban J connectivity index is 4.98. The summed E-state index contributed by atoms with van der Waals surface area (Å²) in [5, 5.41) is 6.53. The summed E-state index contributed by atoms with van der Waals surface area (Å²) in [6.07, 6.45) is -1.74. The lowest BCUT2D eigenvalue weighted by atomic mass is 10.2. The smallest absolute Gasteiger partial charge is 0.328 e. The maximum atomic E-state index is 11.8. The minimum Gasteiger partial charge on any atom is -0.357 e. The van der Waals surface area contributed by atoms with E-state index in [2.05, 4.69) is 10.6 Å². The molecule has 0 aliphatic rings. The van der Waals surface area contributed by atoms with Crippen LogP contribution in [0.2, 0.25) is 0 Å². The fraction of sp³-hybridized carbons (Fsp3) is 0.750. The van der Waals surface area contributed by atoms with Gasteiger partial charge in [-0.2, -0.15) is 0 Å². The molecule has 2 amide bonds. The molecular weight excluding hydrogens is 328 g/mol. The van der Waals surface area contributed by atoms with Gasteiger partial charge >= 0.3 is 15.2 Å². The van der Waals surface area contributed by atoms with Crippen LogP contribution in [-0.4, -0.2) is 69.9 Å². The molecule has 0 aromatic carbocycles. The van der Waals surface area contributed by atoms with Gasteiger partial charge in [-0.05, 0) is 7.05 Å². The predicted molar refractivity (Wildman–Crippen MR) is 72.7 cm³/mol. The summed E-state index contributed by atoms with van der Waals surface area (Å²) in [5.74, 6) is -1.79. The summed E-state index contributed by atoms with van der Waals surface area (Å²) in [7, 11) is -6.57. The first-order valence-corrected chi connectivity index (χ1v) is 9.27. The fourth-order valence-corrected chi connectivity index (χ4v) is 2.98. The van der Waals surface area contributed by atoms with E-state index < -0.39 is 51.4 Å². The second kappa shape index (κ2) is 8.00. The Morgan fingerprint density at radius 3 is 1.67 bits per heavy atom. The van der Waals surface area contributed by atoms with Gasteiger partial charge in [-0.3, -0.25) is 18.7 Å². The van der Waals surface area contributed by atoms with Crippen molar-refractivity contribution in [3.8, 4) is 0 Å². The molecule has 0 bridgehead atoms. The standard InChI is InChI=1S/C8H19N3O8P2/c1-9-5(3-20(14,15)16)8(13)11-6(7(12)10-2)4-21(17,18)19/h5-6,9H,3-4H2,1-2H3,(H,10,12)(H,11,13)(H2,14,15,16)(H2,17,18,19). The highest BCUT2D eigenvalue weighted by molar-refractivity contribution is 7.52. The van der Waals surface area contributed by atoms with E-state index in [1.807, 2.05) is 5.32 Å². The molecule has 0 heterocycles. The van der Waals surface area contributed by atoms with Crippen LogP contribution in [0.4, 0.5) is 0 Å². The highest BCUT2D eigenvalue weighted by atomic mass is 31.2. The van der Waals surface area contributed by atoms with Gasteiger partial charge in [0.25, 0.3) is 0 Å². The largest absolute Gasteiger partial charge is 0.357 e. The maximum absolute atomic E-state index is 11.8. The van der Waals surface area contributed by atoms with Crippen molar-refractivity contribution in [2.24, 2.45) is 0 Å². The van der Waals surface area contributed by atoms with Crippen LogP contribution in [0.25, 0.3) is 0 Å². The molecule has 13 heteroatoms. The van der Waals surface area contributed by atoms with Crippen molar-refractivity contribution < 1.29 is 38.3 Å². The molecule has 0 aliphatic carbocycles. The molecule has 0 spiro atoms. The van der Waals surface area contributed by atoms with Crippen LogP contribution >= 0.6 is 15.2 Å². The summed E-state index contributed by atoms with van der Waals surface area (Å²) in [4.78, 5) is 58.7. The topological polar surface area (TPSA) is 185 Å². The normalized spacial score (nSPS) is 15.1. The maximum Gasteiger partial charge on any atom is 0.328 e. The van der Waals surface area contributed by atoms with E-state index >= 15 is 0 Å². The molecule has 0 rings (SSSR count). The Morgan fingerprint density at radius 1 is 0.905 bits per heavy atom. The van der Waals surface area contributed by atoms with Crippen LogP contribution in [0.15, 0.2) is 0 Å². The molecule has 0 aliphatic heterocycles. The lowest BCUT2D eigenvalue weighted by Crippen LogP contribution is -2.54. The van der Waals surface area contributed by atoms with E-state index in [0.717, 1.165) is 0 Å². The molecule has 124 valence electrons. The zero-order chi connectivity index (χ0) is 16.8. The van der Waals surface area contributed by atoms with Crippen molar-refractivity contribution in [1.82, 2.24) is 16.0 Å². The molecule has 0 fully saturated rings. The third kappa shape index (κ3) is 8.94. The van der Waals surface area contributed by atoms with Crippen molar-refractivity contribution in [2.75, 3.05) is 26.4 Å². The Labute approximate surface area is 120 Å². The number of hydrogen-bond donors (Lipinski definition) is 7. The molecule has 2 atom stereocenters.